The highest BCUT2D eigenvalue weighted by Crippen LogP contribution is 2.25. The molecule has 0 bridgehead atoms. The zero-order valence-electron chi connectivity index (χ0n) is 18.5. The van der Waals surface area contributed by atoms with Gasteiger partial charge in [0, 0.05) is 24.2 Å². The van der Waals surface area contributed by atoms with Gasteiger partial charge in [-0.15, -0.1) is 0 Å². The number of nitrogens with zero attached hydrogens (tertiary/aromatic N) is 3. The minimum atomic E-state index is -0.620. The molecule has 1 aliphatic rings. The molecule has 0 saturated carbocycles. The quantitative estimate of drug-likeness (QED) is 0.459. The molecule has 2 amide bonds. The summed E-state index contributed by atoms with van der Waals surface area (Å²) >= 11 is 0. The van der Waals surface area contributed by atoms with Crippen molar-refractivity contribution in [3.05, 3.63) is 75.5 Å². The Kier molecular flexibility index (Phi) is 6.21. The van der Waals surface area contributed by atoms with Crippen molar-refractivity contribution in [2.45, 2.75) is 39.2 Å². The first-order valence-electron chi connectivity index (χ1n) is 10.8. The SMILES string of the molecule is Cc1ccc(-c2cc(C(=O)NC3CCCCNC3=O)n(-c3ccc([N+](=O)[O-])cc3)n2)cc1C. The first-order valence-corrected chi connectivity index (χ1v) is 10.8. The van der Waals surface area contributed by atoms with Crippen molar-refractivity contribution in [3.63, 3.8) is 0 Å². The summed E-state index contributed by atoms with van der Waals surface area (Å²) in [4.78, 5) is 36.1. The van der Waals surface area contributed by atoms with Crippen molar-refractivity contribution >= 4 is 17.5 Å². The summed E-state index contributed by atoms with van der Waals surface area (Å²) in [5.74, 6) is -0.630. The van der Waals surface area contributed by atoms with Gasteiger partial charge in [0.25, 0.3) is 11.6 Å². The minimum absolute atomic E-state index is 0.0542. The third kappa shape index (κ3) is 4.77. The van der Waals surface area contributed by atoms with Crippen LogP contribution >= 0.6 is 0 Å². The van der Waals surface area contributed by atoms with E-state index in [9.17, 15) is 19.7 Å². The van der Waals surface area contributed by atoms with Crippen LogP contribution < -0.4 is 10.6 Å². The van der Waals surface area contributed by atoms with Crippen molar-refractivity contribution < 1.29 is 14.5 Å². The van der Waals surface area contributed by atoms with E-state index in [0.717, 1.165) is 29.5 Å². The molecule has 4 rings (SSSR count). The second kappa shape index (κ2) is 9.23. The number of carbonyl (C=O) groups is 2. The monoisotopic (exact) mass is 447 g/mol. The summed E-state index contributed by atoms with van der Waals surface area (Å²) in [5, 5.41) is 21.3. The van der Waals surface area contributed by atoms with Crippen LogP contribution in [0.25, 0.3) is 16.9 Å². The molecule has 1 fully saturated rings. The molecule has 2 heterocycles. The number of non-ortho nitro benzene ring substituents is 1. The topological polar surface area (TPSA) is 119 Å². The number of hydrogen-bond donors (Lipinski definition) is 2. The van der Waals surface area contributed by atoms with Gasteiger partial charge in [-0.05, 0) is 68.5 Å². The molecule has 3 aromatic rings. The number of nitrogens with one attached hydrogen (secondary N) is 2. The highest BCUT2D eigenvalue weighted by Gasteiger charge is 2.26. The molecule has 1 saturated heterocycles. The Morgan fingerprint density at radius 2 is 1.88 bits per heavy atom. The lowest BCUT2D eigenvalue weighted by Crippen LogP contribution is -2.45. The number of amides is 2. The van der Waals surface area contributed by atoms with Crippen LogP contribution in [0.3, 0.4) is 0 Å². The Labute approximate surface area is 191 Å². The maximum absolute atomic E-state index is 13.2. The van der Waals surface area contributed by atoms with Gasteiger partial charge in [-0.2, -0.15) is 5.10 Å². The third-order valence-electron chi connectivity index (χ3n) is 5.89. The fourth-order valence-corrected chi connectivity index (χ4v) is 3.81. The van der Waals surface area contributed by atoms with Crippen molar-refractivity contribution in [1.82, 2.24) is 20.4 Å². The lowest BCUT2D eigenvalue weighted by atomic mass is 10.0. The number of benzene rings is 2. The Hall–Kier alpha value is -4.01. The van der Waals surface area contributed by atoms with Gasteiger partial charge in [-0.25, -0.2) is 4.68 Å². The number of aromatic nitrogens is 2. The summed E-state index contributed by atoms with van der Waals surface area (Å²) in [6, 6.07) is 12.8. The molecule has 0 radical (unpaired) electrons. The van der Waals surface area contributed by atoms with Gasteiger partial charge < -0.3 is 10.6 Å². The molecule has 0 spiro atoms. The van der Waals surface area contributed by atoms with E-state index in [1.807, 2.05) is 32.0 Å². The highest BCUT2D eigenvalue weighted by molar-refractivity contribution is 5.97. The van der Waals surface area contributed by atoms with Gasteiger partial charge in [0.15, 0.2) is 0 Å². The Morgan fingerprint density at radius 3 is 2.58 bits per heavy atom. The van der Waals surface area contributed by atoms with Crippen LogP contribution in [-0.2, 0) is 4.79 Å². The van der Waals surface area contributed by atoms with Crippen molar-refractivity contribution in [3.8, 4) is 16.9 Å². The largest absolute Gasteiger partial charge is 0.354 e. The summed E-state index contributed by atoms with van der Waals surface area (Å²) in [6.07, 6.45) is 2.27. The Morgan fingerprint density at radius 1 is 1.12 bits per heavy atom. The standard InChI is InChI=1S/C24H25N5O4/c1-15-6-7-17(13-16(15)2)21-14-22(24(31)26-20-5-3-4-12-25-23(20)30)28(27-21)18-8-10-19(11-9-18)29(32)33/h6-11,13-14,20H,3-5,12H2,1-2H3,(H,25,30)(H,26,31). The zero-order chi connectivity index (χ0) is 23.5. The van der Waals surface area contributed by atoms with E-state index in [0.29, 0.717) is 24.3 Å². The average molecular weight is 447 g/mol. The van der Waals surface area contributed by atoms with Crippen LogP contribution in [0.1, 0.15) is 40.9 Å². The average Bonchev–Trinajstić information content (AvgIpc) is 3.15. The van der Waals surface area contributed by atoms with Crippen LogP contribution in [0.5, 0.6) is 0 Å². The van der Waals surface area contributed by atoms with E-state index in [2.05, 4.69) is 15.7 Å². The molecule has 1 aliphatic heterocycles. The number of hydrogen-bond acceptors (Lipinski definition) is 5. The second-order valence-electron chi connectivity index (χ2n) is 8.21. The van der Waals surface area contributed by atoms with Crippen LogP contribution in [0.2, 0.25) is 0 Å². The normalized spacial score (nSPS) is 16.1. The maximum Gasteiger partial charge on any atom is 0.270 e. The van der Waals surface area contributed by atoms with Crippen LogP contribution in [0.4, 0.5) is 5.69 Å². The highest BCUT2D eigenvalue weighted by atomic mass is 16.6. The smallest absolute Gasteiger partial charge is 0.270 e. The van der Waals surface area contributed by atoms with Crippen LogP contribution in [0.15, 0.2) is 48.5 Å². The molecule has 0 aliphatic carbocycles. The number of aryl methyl sites for hydroxylation is 2. The van der Waals surface area contributed by atoms with Gasteiger partial charge in [-0.1, -0.05) is 12.1 Å². The maximum atomic E-state index is 13.2. The van der Waals surface area contributed by atoms with E-state index in [1.165, 1.54) is 16.8 Å². The third-order valence-corrected chi connectivity index (χ3v) is 5.89. The molecular formula is C24H25N5O4. The lowest BCUT2D eigenvalue weighted by molar-refractivity contribution is -0.384. The first-order chi connectivity index (χ1) is 15.8. The van der Waals surface area contributed by atoms with Crippen LogP contribution in [-0.4, -0.2) is 39.1 Å². The Balaban J connectivity index is 1.73. The zero-order valence-corrected chi connectivity index (χ0v) is 18.5. The Bertz CT molecular complexity index is 1220. The first kappa shape index (κ1) is 22.2. The molecule has 1 unspecified atom stereocenters. The molecule has 9 heteroatoms. The minimum Gasteiger partial charge on any atom is -0.354 e. The number of carbonyl (C=O) groups excluding carboxylic acids is 2. The molecular weight excluding hydrogens is 422 g/mol. The predicted molar refractivity (Wildman–Crippen MR) is 123 cm³/mol. The van der Waals surface area contributed by atoms with Gasteiger partial charge in [0.1, 0.15) is 11.7 Å². The molecule has 2 aromatic carbocycles. The predicted octanol–water partition coefficient (Wildman–Crippen LogP) is 3.46. The van der Waals surface area contributed by atoms with E-state index in [4.69, 9.17) is 0 Å². The fourth-order valence-electron chi connectivity index (χ4n) is 3.81. The molecule has 2 N–H and O–H groups in total. The summed E-state index contributed by atoms with van der Waals surface area (Å²) < 4.78 is 1.46. The number of nitro benzene ring substituents is 1. The van der Waals surface area contributed by atoms with Crippen molar-refractivity contribution in [2.24, 2.45) is 0 Å². The summed E-state index contributed by atoms with van der Waals surface area (Å²) in [6.45, 7) is 4.62. The van der Waals surface area contributed by atoms with E-state index >= 15 is 0 Å². The second-order valence-corrected chi connectivity index (χ2v) is 8.21. The lowest BCUT2D eigenvalue weighted by Gasteiger charge is -2.15. The van der Waals surface area contributed by atoms with Gasteiger partial charge in [0.2, 0.25) is 5.91 Å². The van der Waals surface area contributed by atoms with Crippen LogP contribution in [0, 0.1) is 24.0 Å². The number of rotatable bonds is 5. The van der Waals surface area contributed by atoms with Crippen molar-refractivity contribution in [2.75, 3.05) is 6.54 Å². The fraction of sp³-hybridized carbons (Fsp3) is 0.292. The number of nitro groups is 1. The summed E-state index contributed by atoms with van der Waals surface area (Å²) in [7, 11) is 0. The molecule has 33 heavy (non-hydrogen) atoms. The van der Waals surface area contributed by atoms with Gasteiger partial charge in [-0.3, -0.25) is 19.7 Å². The molecule has 170 valence electrons. The van der Waals surface area contributed by atoms with Gasteiger partial charge in [0.05, 0.1) is 16.3 Å². The summed E-state index contributed by atoms with van der Waals surface area (Å²) in [5.41, 5.74) is 4.37. The van der Waals surface area contributed by atoms with Gasteiger partial charge >= 0.3 is 0 Å². The molecule has 1 aromatic heterocycles. The van der Waals surface area contributed by atoms with E-state index < -0.39 is 16.9 Å². The molecule has 9 nitrogen and oxygen atoms in total. The van der Waals surface area contributed by atoms with Crippen molar-refractivity contribution in [1.29, 1.82) is 0 Å². The van der Waals surface area contributed by atoms with E-state index in [-0.39, 0.29) is 17.3 Å². The molecule has 1 atom stereocenters. The van der Waals surface area contributed by atoms with E-state index in [1.54, 1.807) is 18.2 Å².